The Balaban J connectivity index is 1.83. The summed E-state index contributed by atoms with van der Waals surface area (Å²) in [5.41, 5.74) is -0.197. The Morgan fingerprint density at radius 1 is 1.38 bits per heavy atom. The predicted octanol–water partition coefficient (Wildman–Crippen LogP) is 0.907. The lowest BCUT2D eigenvalue weighted by atomic mass is 9.96. The molecular weight excluding hydrogens is 280 g/mol. The molecule has 0 aliphatic carbocycles. The summed E-state index contributed by atoms with van der Waals surface area (Å²) in [7, 11) is 0. The van der Waals surface area contributed by atoms with Crippen molar-refractivity contribution in [3.8, 4) is 5.75 Å². The van der Waals surface area contributed by atoms with Crippen molar-refractivity contribution in [3.05, 3.63) is 34.4 Å². The van der Waals surface area contributed by atoms with Crippen molar-refractivity contribution in [1.29, 1.82) is 0 Å². The van der Waals surface area contributed by atoms with Gasteiger partial charge in [-0.1, -0.05) is 12.1 Å². The molecular formula is C13H14N2O6. The zero-order valence-electron chi connectivity index (χ0n) is 11.1. The highest BCUT2D eigenvalue weighted by atomic mass is 16.6. The Bertz CT molecular complexity index is 568. The third-order valence-corrected chi connectivity index (χ3v) is 3.19. The number of rotatable bonds is 6. The molecule has 1 fully saturated rings. The molecule has 0 spiro atoms. The van der Waals surface area contributed by atoms with Gasteiger partial charge in [-0.05, 0) is 6.07 Å². The third kappa shape index (κ3) is 3.68. The molecule has 1 aliphatic heterocycles. The molecule has 8 heteroatoms. The van der Waals surface area contributed by atoms with Crippen molar-refractivity contribution >= 4 is 17.6 Å². The van der Waals surface area contributed by atoms with Crippen molar-refractivity contribution < 1.29 is 24.4 Å². The van der Waals surface area contributed by atoms with E-state index in [4.69, 9.17) is 9.84 Å². The van der Waals surface area contributed by atoms with Gasteiger partial charge in [0, 0.05) is 25.1 Å². The van der Waals surface area contributed by atoms with Crippen LogP contribution < -0.4 is 4.74 Å². The summed E-state index contributed by atoms with van der Waals surface area (Å²) in [6.07, 6.45) is 0.0365. The highest BCUT2D eigenvalue weighted by molar-refractivity contribution is 5.79. The topological polar surface area (TPSA) is 110 Å². The van der Waals surface area contributed by atoms with Crippen LogP contribution in [0.25, 0.3) is 0 Å². The second-order valence-corrected chi connectivity index (χ2v) is 4.78. The van der Waals surface area contributed by atoms with Gasteiger partial charge >= 0.3 is 11.7 Å². The molecule has 1 saturated heterocycles. The fourth-order valence-electron chi connectivity index (χ4n) is 2.11. The van der Waals surface area contributed by atoms with E-state index < -0.39 is 10.9 Å². The molecule has 1 N–H and O–H groups in total. The summed E-state index contributed by atoms with van der Waals surface area (Å²) in [6.45, 7) is 0.460. The Hall–Kier alpha value is -2.64. The summed E-state index contributed by atoms with van der Waals surface area (Å²) in [6, 6.07) is 5.82. The van der Waals surface area contributed by atoms with E-state index in [1.165, 1.54) is 23.1 Å². The van der Waals surface area contributed by atoms with E-state index in [1.54, 1.807) is 6.07 Å². The number of likely N-dealkylation sites (tertiary alicyclic amines) is 1. The lowest BCUT2D eigenvalue weighted by molar-refractivity contribution is -0.385. The van der Waals surface area contributed by atoms with Crippen molar-refractivity contribution in [3.63, 3.8) is 0 Å². The van der Waals surface area contributed by atoms with Gasteiger partial charge in [0.15, 0.2) is 12.4 Å². The SMILES string of the molecule is O=C(O)CC1CN(C(=O)COc2ccccc2[N+](=O)[O-])C1. The lowest BCUT2D eigenvalue weighted by Gasteiger charge is -2.38. The van der Waals surface area contributed by atoms with Crippen LogP contribution >= 0.6 is 0 Å². The number of nitrogens with zero attached hydrogens (tertiary/aromatic N) is 2. The van der Waals surface area contributed by atoms with Crippen LogP contribution in [0.2, 0.25) is 0 Å². The maximum atomic E-state index is 11.8. The summed E-state index contributed by atoms with van der Waals surface area (Å²) < 4.78 is 5.18. The molecule has 0 aromatic heterocycles. The quantitative estimate of drug-likeness (QED) is 0.616. The van der Waals surface area contributed by atoms with Crippen LogP contribution in [-0.4, -0.2) is 46.5 Å². The molecule has 1 aliphatic rings. The van der Waals surface area contributed by atoms with Gasteiger partial charge in [0.1, 0.15) is 0 Å². The Morgan fingerprint density at radius 2 is 2.05 bits per heavy atom. The van der Waals surface area contributed by atoms with Gasteiger partial charge in [0.05, 0.1) is 11.3 Å². The molecule has 0 atom stereocenters. The van der Waals surface area contributed by atoms with Crippen molar-refractivity contribution in [2.45, 2.75) is 6.42 Å². The molecule has 0 radical (unpaired) electrons. The first-order valence-corrected chi connectivity index (χ1v) is 6.33. The molecule has 21 heavy (non-hydrogen) atoms. The van der Waals surface area contributed by atoms with Gasteiger partial charge in [0.2, 0.25) is 0 Å². The second-order valence-electron chi connectivity index (χ2n) is 4.78. The predicted molar refractivity (Wildman–Crippen MR) is 70.9 cm³/mol. The Labute approximate surface area is 120 Å². The van der Waals surface area contributed by atoms with Crippen LogP contribution in [0.1, 0.15) is 6.42 Å². The summed E-state index contributed by atoms with van der Waals surface area (Å²) in [5, 5.41) is 19.4. The monoisotopic (exact) mass is 294 g/mol. The Kier molecular flexibility index (Phi) is 4.36. The van der Waals surface area contributed by atoms with Gasteiger partial charge < -0.3 is 14.7 Å². The van der Waals surface area contributed by atoms with Gasteiger partial charge in [-0.25, -0.2) is 0 Å². The molecule has 8 nitrogen and oxygen atoms in total. The number of aliphatic carboxylic acids is 1. The van der Waals surface area contributed by atoms with Crippen LogP contribution in [0, 0.1) is 16.0 Å². The third-order valence-electron chi connectivity index (χ3n) is 3.19. The standard InChI is InChI=1S/C13H14N2O6/c16-12(14-6-9(7-14)5-13(17)18)8-21-11-4-2-1-3-10(11)15(19)20/h1-4,9H,5-8H2,(H,17,18). The van der Waals surface area contributed by atoms with E-state index in [9.17, 15) is 19.7 Å². The molecule has 0 unspecified atom stereocenters. The maximum absolute atomic E-state index is 11.8. The van der Waals surface area contributed by atoms with Crippen molar-refractivity contribution in [1.82, 2.24) is 4.90 Å². The summed E-state index contributed by atoms with van der Waals surface area (Å²) in [5.74, 6) is -1.19. The highest BCUT2D eigenvalue weighted by Gasteiger charge is 2.32. The fraction of sp³-hybridized carbons (Fsp3) is 0.385. The van der Waals surface area contributed by atoms with Crippen LogP contribution in [0.15, 0.2) is 24.3 Å². The van der Waals surface area contributed by atoms with E-state index in [0.29, 0.717) is 13.1 Å². The van der Waals surface area contributed by atoms with Gasteiger partial charge in [0.25, 0.3) is 5.91 Å². The normalized spacial score (nSPS) is 14.4. The largest absolute Gasteiger partial charge is 0.481 e. The average molecular weight is 294 g/mol. The Morgan fingerprint density at radius 3 is 2.67 bits per heavy atom. The number of nitro benzene ring substituents is 1. The molecule has 1 aromatic carbocycles. The molecule has 2 rings (SSSR count). The highest BCUT2D eigenvalue weighted by Crippen LogP contribution is 2.26. The van der Waals surface area contributed by atoms with Crippen molar-refractivity contribution in [2.24, 2.45) is 5.92 Å². The fourth-order valence-corrected chi connectivity index (χ4v) is 2.11. The van der Waals surface area contributed by atoms with E-state index in [2.05, 4.69) is 0 Å². The molecule has 0 bridgehead atoms. The van der Waals surface area contributed by atoms with Crippen LogP contribution in [0.3, 0.4) is 0 Å². The number of hydrogen-bond donors (Lipinski definition) is 1. The van der Waals surface area contributed by atoms with E-state index >= 15 is 0 Å². The smallest absolute Gasteiger partial charge is 0.310 e. The lowest BCUT2D eigenvalue weighted by Crippen LogP contribution is -2.52. The van der Waals surface area contributed by atoms with E-state index in [1.807, 2.05) is 0 Å². The first-order valence-electron chi connectivity index (χ1n) is 6.33. The first kappa shape index (κ1) is 14.8. The number of hydrogen-bond acceptors (Lipinski definition) is 5. The number of carboxylic acid groups (broad SMARTS) is 1. The molecule has 1 amide bonds. The number of carbonyl (C=O) groups excluding carboxylic acids is 1. The van der Waals surface area contributed by atoms with Gasteiger partial charge in [-0.2, -0.15) is 0 Å². The average Bonchev–Trinajstić information content (AvgIpc) is 2.39. The molecule has 1 aromatic rings. The number of amides is 1. The van der Waals surface area contributed by atoms with Crippen LogP contribution in [0.5, 0.6) is 5.75 Å². The number of ether oxygens (including phenoxy) is 1. The number of carboxylic acids is 1. The van der Waals surface area contributed by atoms with Gasteiger partial charge in [-0.3, -0.25) is 19.7 Å². The van der Waals surface area contributed by atoms with E-state index in [-0.39, 0.29) is 36.3 Å². The number of carbonyl (C=O) groups is 2. The number of nitro groups is 1. The first-order chi connectivity index (χ1) is 9.97. The maximum Gasteiger partial charge on any atom is 0.310 e. The van der Waals surface area contributed by atoms with Crippen LogP contribution in [-0.2, 0) is 9.59 Å². The minimum absolute atomic E-state index is 0.0301. The van der Waals surface area contributed by atoms with Gasteiger partial charge in [-0.15, -0.1) is 0 Å². The molecule has 1 heterocycles. The number of benzene rings is 1. The molecule has 0 saturated carbocycles. The minimum atomic E-state index is -0.886. The zero-order chi connectivity index (χ0) is 15.4. The number of para-hydroxylation sites is 2. The minimum Gasteiger partial charge on any atom is -0.481 e. The van der Waals surface area contributed by atoms with E-state index in [0.717, 1.165) is 0 Å². The van der Waals surface area contributed by atoms with Crippen LogP contribution in [0.4, 0.5) is 5.69 Å². The molecule has 112 valence electrons. The zero-order valence-corrected chi connectivity index (χ0v) is 11.1. The van der Waals surface area contributed by atoms with Crippen molar-refractivity contribution in [2.75, 3.05) is 19.7 Å². The summed E-state index contributed by atoms with van der Waals surface area (Å²) >= 11 is 0. The second kappa shape index (κ2) is 6.21. The summed E-state index contributed by atoms with van der Waals surface area (Å²) in [4.78, 5) is 34.0.